The topological polar surface area (TPSA) is 134 Å². The molecule has 2 unspecified atom stereocenters. The van der Waals surface area contributed by atoms with Crippen LogP contribution in [0, 0.1) is 0 Å². The summed E-state index contributed by atoms with van der Waals surface area (Å²) in [6.45, 7) is 3.53. The van der Waals surface area contributed by atoms with E-state index in [1.54, 1.807) is 0 Å². The molecule has 79 heavy (non-hydrogen) atoms. The van der Waals surface area contributed by atoms with Crippen molar-refractivity contribution in [3.8, 4) is 0 Å². The van der Waals surface area contributed by atoms with Gasteiger partial charge in [-0.15, -0.1) is 0 Å². The van der Waals surface area contributed by atoms with E-state index in [4.69, 9.17) is 24.3 Å². The van der Waals surface area contributed by atoms with Crippen molar-refractivity contribution in [3.63, 3.8) is 0 Å². The summed E-state index contributed by atoms with van der Waals surface area (Å²) in [6.07, 6.45) is 88.3. The molecule has 0 heterocycles. The van der Waals surface area contributed by atoms with Crippen LogP contribution in [0.1, 0.15) is 271 Å². The van der Waals surface area contributed by atoms with Gasteiger partial charge in [0.05, 0.1) is 13.2 Å². The zero-order valence-electron chi connectivity index (χ0n) is 50.6. The number of carbonyl (C=O) groups excluding carboxylic acids is 2. The number of rotatable bonds is 59. The van der Waals surface area contributed by atoms with Gasteiger partial charge in [-0.05, 0) is 103 Å². The molecule has 0 radical (unpaired) electrons. The average Bonchev–Trinajstić information content (AvgIpc) is 3.44. The number of nitrogens with two attached hydrogens (primary N) is 1. The highest BCUT2D eigenvalue weighted by Crippen LogP contribution is 2.43. The number of esters is 2. The Balaban J connectivity index is 3.94. The van der Waals surface area contributed by atoms with E-state index in [-0.39, 0.29) is 38.6 Å². The Morgan fingerprint density at radius 1 is 0.380 bits per heavy atom. The summed E-state index contributed by atoms with van der Waals surface area (Å²) in [5, 5.41) is 0. The van der Waals surface area contributed by atoms with E-state index in [2.05, 4.69) is 135 Å². The molecule has 0 spiro atoms. The molecule has 0 amide bonds. The molecule has 0 saturated carbocycles. The van der Waals surface area contributed by atoms with Gasteiger partial charge >= 0.3 is 19.8 Å². The quantitative estimate of drug-likeness (QED) is 0.0264. The zero-order valence-corrected chi connectivity index (χ0v) is 51.5. The first-order valence-electron chi connectivity index (χ1n) is 32.0. The first kappa shape index (κ1) is 75.4. The van der Waals surface area contributed by atoms with Gasteiger partial charge in [-0.1, -0.05) is 277 Å². The molecule has 0 aliphatic carbocycles. The van der Waals surface area contributed by atoms with E-state index < -0.39 is 26.5 Å². The molecule has 0 fully saturated rings. The average molecular weight is 1120 g/mol. The molecule has 0 aromatic carbocycles. The van der Waals surface area contributed by atoms with Crippen molar-refractivity contribution in [1.29, 1.82) is 0 Å². The minimum absolute atomic E-state index is 0.0485. The van der Waals surface area contributed by atoms with Crippen LogP contribution in [0.2, 0.25) is 0 Å². The number of hydrogen-bond donors (Lipinski definition) is 2. The number of phosphoric acid groups is 1. The molecular formula is C69H118NO8P. The van der Waals surface area contributed by atoms with Gasteiger partial charge in [-0.2, -0.15) is 0 Å². The van der Waals surface area contributed by atoms with Crippen molar-refractivity contribution in [2.24, 2.45) is 5.73 Å². The Morgan fingerprint density at radius 2 is 0.658 bits per heavy atom. The second-order valence-corrected chi connectivity index (χ2v) is 22.3. The predicted octanol–water partition coefficient (Wildman–Crippen LogP) is 20.7. The second-order valence-electron chi connectivity index (χ2n) is 20.9. The van der Waals surface area contributed by atoms with E-state index in [9.17, 15) is 19.0 Å². The molecule has 0 aliphatic heterocycles. The third kappa shape index (κ3) is 63.5. The smallest absolute Gasteiger partial charge is 0.462 e. The largest absolute Gasteiger partial charge is 0.472 e. The third-order valence-electron chi connectivity index (χ3n) is 13.3. The van der Waals surface area contributed by atoms with Crippen molar-refractivity contribution < 1.29 is 37.6 Å². The van der Waals surface area contributed by atoms with Gasteiger partial charge in [0.25, 0.3) is 0 Å². The minimum atomic E-state index is -4.40. The lowest BCUT2D eigenvalue weighted by Crippen LogP contribution is -2.29. The SMILES string of the molecule is CC/C=C\C/C=C\C/C=C\C/C=C\C/C=C\CCCCCCCCCCCCCCCC(=O)OCC(COP(=O)(O)OCCN)OC(=O)CCCCCCCCCCCCCCC/C=C\C/C=C\C/C=C\C/C=C\C/C=C\CC. The van der Waals surface area contributed by atoms with E-state index in [0.29, 0.717) is 6.42 Å². The van der Waals surface area contributed by atoms with Gasteiger partial charge in [0.2, 0.25) is 0 Å². The third-order valence-corrected chi connectivity index (χ3v) is 14.3. The van der Waals surface area contributed by atoms with Gasteiger partial charge in [0.15, 0.2) is 6.10 Å². The highest BCUT2D eigenvalue weighted by atomic mass is 31.2. The second kappa shape index (κ2) is 63.6. The van der Waals surface area contributed by atoms with Gasteiger partial charge in [0, 0.05) is 19.4 Å². The van der Waals surface area contributed by atoms with Crippen molar-refractivity contribution in [1.82, 2.24) is 0 Å². The fourth-order valence-corrected chi connectivity index (χ4v) is 9.46. The molecule has 9 nitrogen and oxygen atoms in total. The first-order chi connectivity index (χ1) is 38.8. The fraction of sp³-hybridized carbons (Fsp3) is 0.681. The molecular weight excluding hydrogens is 1000 g/mol. The number of carbonyl (C=O) groups is 2. The number of allylic oxidation sites excluding steroid dienone is 20. The Bertz CT molecular complexity index is 1710. The summed E-state index contributed by atoms with van der Waals surface area (Å²) in [6, 6.07) is 0. The molecule has 0 aromatic heterocycles. The monoisotopic (exact) mass is 1120 g/mol. The highest BCUT2D eigenvalue weighted by molar-refractivity contribution is 7.47. The van der Waals surface area contributed by atoms with E-state index in [0.717, 1.165) is 103 Å². The predicted molar refractivity (Wildman–Crippen MR) is 339 cm³/mol. The molecule has 0 aromatic rings. The Hall–Kier alpha value is -3.59. The Labute approximate surface area is 485 Å². The highest BCUT2D eigenvalue weighted by Gasteiger charge is 2.26. The molecule has 3 N–H and O–H groups in total. The molecule has 0 rings (SSSR count). The number of phosphoric ester groups is 1. The molecule has 0 saturated heterocycles. The molecule has 2 atom stereocenters. The van der Waals surface area contributed by atoms with Crippen LogP contribution in [0.5, 0.6) is 0 Å². The Kier molecular flexibility index (Phi) is 60.7. The van der Waals surface area contributed by atoms with Crippen LogP contribution in [-0.2, 0) is 32.7 Å². The lowest BCUT2D eigenvalue weighted by atomic mass is 10.0. The number of unbranched alkanes of at least 4 members (excludes halogenated alkanes) is 26. The lowest BCUT2D eigenvalue weighted by molar-refractivity contribution is -0.161. The van der Waals surface area contributed by atoms with Crippen LogP contribution >= 0.6 is 7.82 Å². The standard InChI is InChI=1S/C69H118NO8P/c1-3-5-7-9-11-13-15-17-19-21-23-25-27-29-31-33-35-37-39-41-43-45-47-49-51-53-55-57-59-61-68(71)75-65-67(66-77-79(73,74)76-64-63-70)78-69(72)62-60-58-56-54-52-50-48-46-44-42-40-38-36-34-32-30-28-26-24-22-20-18-16-14-12-10-8-6-4-2/h5-8,11-14,17-20,23-26,29-32,67H,3-4,9-10,15-16,21-22,27-28,33-66,70H2,1-2H3,(H,73,74)/b7-5-,8-6-,13-11-,14-12-,19-17-,20-18-,25-23-,26-24-,31-29-,32-30-. The van der Waals surface area contributed by atoms with E-state index in [1.165, 1.54) is 135 Å². The van der Waals surface area contributed by atoms with Crippen molar-refractivity contribution >= 4 is 19.8 Å². The van der Waals surface area contributed by atoms with Crippen LogP contribution in [0.25, 0.3) is 0 Å². The van der Waals surface area contributed by atoms with Crippen LogP contribution in [0.3, 0.4) is 0 Å². The fourth-order valence-electron chi connectivity index (χ4n) is 8.69. The normalized spacial score (nSPS) is 13.8. The maximum Gasteiger partial charge on any atom is 0.472 e. The van der Waals surface area contributed by atoms with Crippen LogP contribution < -0.4 is 5.73 Å². The van der Waals surface area contributed by atoms with Crippen molar-refractivity contribution in [3.05, 3.63) is 122 Å². The minimum Gasteiger partial charge on any atom is -0.462 e. The first-order valence-corrected chi connectivity index (χ1v) is 33.5. The summed E-state index contributed by atoms with van der Waals surface area (Å²) in [4.78, 5) is 35.3. The maximum atomic E-state index is 12.7. The van der Waals surface area contributed by atoms with Crippen LogP contribution in [-0.4, -0.2) is 49.3 Å². The summed E-state index contributed by atoms with van der Waals surface area (Å²) in [5.41, 5.74) is 5.39. The maximum absolute atomic E-state index is 12.7. The van der Waals surface area contributed by atoms with E-state index >= 15 is 0 Å². The number of ether oxygens (including phenoxy) is 2. The molecule has 452 valence electrons. The van der Waals surface area contributed by atoms with E-state index in [1.807, 2.05) is 0 Å². The van der Waals surface area contributed by atoms with Gasteiger partial charge < -0.3 is 20.1 Å². The molecule has 10 heteroatoms. The van der Waals surface area contributed by atoms with Crippen molar-refractivity contribution in [2.45, 2.75) is 277 Å². The lowest BCUT2D eigenvalue weighted by Gasteiger charge is -2.19. The zero-order chi connectivity index (χ0) is 57.3. The van der Waals surface area contributed by atoms with Crippen molar-refractivity contribution in [2.75, 3.05) is 26.4 Å². The summed E-state index contributed by atoms with van der Waals surface area (Å²) < 4.78 is 33.1. The Morgan fingerprint density at radius 3 is 0.975 bits per heavy atom. The molecule has 0 aliphatic rings. The number of hydrogen-bond acceptors (Lipinski definition) is 8. The summed E-state index contributed by atoms with van der Waals surface area (Å²) in [7, 11) is -4.40. The van der Waals surface area contributed by atoms with Crippen LogP contribution in [0.4, 0.5) is 0 Å². The summed E-state index contributed by atoms with van der Waals surface area (Å²) in [5.74, 6) is -0.830. The molecule has 0 bridgehead atoms. The van der Waals surface area contributed by atoms with Gasteiger partial charge in [-0.3, -0.25) is 18.6 Å². The van der Waals surface area contributed by atoms with Gasteiger partial charge in [-0.25, -0.2) is 4.57 Å². The van der Waals surface area contributed by atoms with Crippen LogP contribution in [0.15, 0.2) is 122 Å². The summed E-state index contributed by atoms with van der Waals surface area (Å²) >= 11 is 0. The van der Waals surface area contributed by atoms with Gasteiger partial charge in [0.1, 0.15) is 6.61 Å².